The number of aliphatic imine (C=N–C) groups is 1. The highest BCUT2D eigenvalue weighted by Crippen LogP contribution is 2.21. The molecular formula is C27H31N3O5S. The van der Waals surface area contributed by atoms with Gasteiger partial charge in [-0.2, -0.15) is 0 Å². The highest BCUT2D eigenvalue weighted by molar-refractivity contribution is 7.90. The zero-order chi connectivity index (χ0) is 25.5. The van der Waals surface area contributed by atoms with Crippen LogP contribution in [0, 0.1) is 6.92 Å². The molecule has 0 radical (unpaired) electrons. The van der Waals surface area contributed by atoms with Crippen molar-refractivity contribution in [2.75, 3.05) is 27.6 Å². The first-order valence-electron chi connectivity index (χ1n) is 11.6. The van der Waals surface area contributed by atoms with Crippen molar-refractivity contribution in [2.24, 2.45) is 4.99 Å². The fourth-order valence-corrected chi connectivity index (χ4v) is 4.98. The molecule has 0 bridgehead atoms. The molecule has 3 aromatic rings. The summed E-state index contributed by atoms with van der Waals surface area (Å²) in [4.78, 5) is 6.94. The van der Waals surface area contributed by atoms with Gasteiger partial charge in [0.05, 0.1) is 18.0 Å². The van der Waals surface area contributed by atoms with Crippen LogP contribution >= 0.6 is 0 Å². The van der Waals surface area contributed by atoms with Crippen molar-refractivity contribution < 1.29 is 22.6 Å². The number of benzene rings is 3. The molecule has 0 spiro atoms. The number of sulfonamides is 1. The number of hydrogen-bond acceptors (Lipinski definition) is 7. The second-order valence-electron chi connectivity index (χ2n) is 8.65. The summed E-state index contributed by atoms with van der Waals surface area (Å²) in [5.74, 6) is 1.84. The van der Waals surface area contributed by atoms with E-state index in [1.165, 1.54) is 0 Å². The normalized spacial score (nSPS) is 15.5. The van der Waals surface area contributed by atoms with E-state index in [0.717, 1.165) is 22.4 Å². The molecule has 1 aliphatic rings. The number of hydrogen-bond donors (Lipinski definition) is 1. The maximum absolute atomic E-state index is 13.1. The molecule has 0 amide bonds. The van der Waals surface area contributed by atoms with Crippen molar-refractivity contribution >= 4 is 16.0 Å². The van der Waals surface area contributed by atoms with E-state index in [9.17, 15) is 8.42 Å². The smallest absolute Gasteiger partial charge is 0.264 e. The van der Waals surface area contributed by atoms with Crippen LogP contribution in [0.2, 0.25) is 0 Å². The van der Waals surface area contributed by atoms with Crippen molar-refractivity contribution in [3.05, 3.63) is 89.5 Å². The third-order valence-corrected chi connectivity index (χ3v) is 7.21. The van der Waals surface area contributed by atoms with Gasteiger partial charge in [-0.1, -0.05) is 42.0 Å². The first kappa shape index (κ1) is 25.5. The predicted molar refractivity (Wildman–Crippen MR) is 139 cm³/mol. The lowest BCUT2D eigenvalue weighted by molar-refractivity contribution is 0.0511. The Morgan fingerprint density at radius 2 is 1.56 bits per heavy atom. The van der Waals surface area contributed by atoms with E-state index in [1.54, 1.807) is 38.5 Å². The number of aryl methyl sites for hydroxylation is 1. The summed E-state index contributed by atoms with van der Waals surface area (Å²) in [7, 11) is -0.573. The lowest BCUT2D eigenvalue weighted by Crippen LogP contribution is -2.41. The Morgan fingerprint density at radius 3 is 2.19 bits per heavy atom. The molecule has 0 saturated carbocycles. The second kappa shape index (κ2) is 11.5. The fraction of sp³-hybridized carbons (Fsp3) is 0.296. The van der Waals surface area contributed by atoms with Crippen molar-refractivity contribution in [1.82, 2.24) is 9.62 Å². The van der Waals surface area contributed by atoms with E-state index in [-0.39, 0.29) is 17.7 Å². The van der Waals surface area contributed by atoms with E-state index >= 15 is 0 Å². The maximum Gasteiger partial charge on any atom is 0.264 e. The van der Waals surface area contributed by atoms with Gasteiger partial charge in [0.15, 0.2) is 6.79 Å². The summed E-state index contributed by atoms with van der Waals surface area (Å²) in [5.41, 5.74) is 3.10. The standard InChI is InChI=1S/C27H31N3O5S/c1-20-4-14-26(15-5-20)36(31,32)29-27-28-23(16-21-6-10-24(34-3)11-7-21)18-30(27)17-22-8-12-25(13-9-22)35-19-33-2/h4-15,23H,16-19H2,1-3H3,(H,28,29). The van der Waals surface area contributed by atoms with Crippen LogP contribution in [0.15, 0.2) is 82.7 Å². The van der Waals surface area contributed by atoms with Crippen molar-refractivity contribution in [1.29, 1.82) is 0 Å². The van der Waals surface area contributed by atoms with Crippen LogP contribution in [-0.4, -0.2) is 52.9 Å². The summed E-state index contributed by atoms with van der Waals surface area (Å²) in [6.45, 7) is 3.18. The van der Waals surface area contributed by atoms with Crippen LogP contribution in [0.5, 0.6) is 11.5 Å². The Kier molecular flexibility index (Phi) is 8.12. The van der Waals surface area contributed by atoms with Crippen LogP contribution in [0.25, 0.3) is 0 Å². The van der Waals surface area contributed by atoms with Gasteiger partial charge < -0.3 is 19.1 Å². The van der Waals surface area contributed by atoms with Crippen LogP contribution in [-0.2, 0) is 27.7 Å². The van der Waals surface area contributed by atoms with Crippen LogP contribution < -0.4 is 14.2 Å². The molecule has 1 atom stereocenters. The van der Waals surface area contributed by atoms with E-state index in [2.05, 4.69) is 4.72 Å². The zero-order valence-corrected chi connectivity index (χ0v) is 21.5. The minimum Gasteiger partial charge on any atom is -0.497 e. The number of guanidine groups is 1. The first-order valence-corrected chi connectivity index (χ1v) is 13.1. The van der Waals surface area contributed by atoms with E-state index < -0.39 is 10.0 Å². The van der Waals surface area contributed by atoms with Crippen molar-refractivity contribution in [3.8, 4) is 11.5 Å². The Bertz CT molecular complexity index is 1270. The Morgan fingerprint density at radius 1 is 0.917 bits per heavy atom. The second-order valence-corrected chi connectivity index (χ2v) is 10.3. The zero-order valence-electron chi connectivity index (χ0n) is 20.7. The van der Waals surface area contributed by atoms with Crippen molar-refractivity contribution in [3.63, 3.8) is 0 Å². The van der Waals surface area contributed by atoms with Gasteiger partial charge in [0, 0.05) is 20.2 Å². The van der Waals surface area contributed by atoms with Gasteiger partial charge in [-0.3, -0.25) is 0 Å². The highest BCUT2D eigenvalue weighted by atomic mass is 32.2. The van der Waals surface area contributed by atoms with Gasteiger partial charge in [0.2, 0.25) is 5.96 Å². The number of nitrogens with zero attached hydrogens (tertiary/aromatic N) is 2. The van der Waals surface area contributed by atoms with Gasteiger partial charge in [-0.15, -0.1) is 0 Å². The van der Waals surface area contributed by atoms with Crippen LogP contribution in [0.4, 0.5) is 0 Å². The molecular weight excluding hydrogens is 478 g/mol. The van der Waals surface area contributed by atoms with Crippen LogP contribution in [0.1, 0.15) is 16.7 Å². The molecule has 36 heavy (non-hydrogen) atoms. The molecule has 0 aromatic heterocycles. The van der Waals surface area contributed by atoms with Gasteiger partial charge in [0.25, 0.3) is 10.0 Å². The topological polar surface area (TPSA) is 89.5 Å². The summed E-state index contributed by atoms with van der Waals surface area (Å²) in [6, 6.07) is 22.2. The minimum atomic E-state index is -3.78. The SMILES string of the molecule is COCOc1ccc(CN2CC(Cc3ccc(OC)cc3)N=C2NS(=O)(=O)c2ccc(C)cc2)cc1. The molecule has 1 N–H and O–H groups in total. The Balaban J connectivity index is 1.53. The third-order valence-electron chi connectivity index (χ3n) is 5.86. The summed E-state index contributed by atoms with van der Waals surface area (Å²) >= 11 is 0. The molecule has 8 nitrogen and oxygen atoms in total. The van der Waals surface area contributed by atoms with E-state index in [0.29, 0.717) is 31.2 Å². The fourth-order valence-electron chi connectivity index (χ4n) is 3.95. The molecule has 0 aliphatic carbocycles. The number of methoxy groups -OCH3 is 2. The van der Waals surface area contributed by atoms with Crippen LogP contribution in [0.3, 0.4) is 0 Å². The van der Waals surface area contributed by atoms with Crippen molar-refractivity contribution in [2.45, 2.75) is 30.8 Å². The largest absolute Gasteiger partial charge is 0.497 e. The minimum absolute atomic E-state index is 0.0987. The average Bonchev–Trinajstić information content (AvgIpc) is 3.23. The predicted octanol–water partition coefficient (Wildman–Crippen LogP) is 3.75. The lowest BCUT2D eigenvalue weighted by atomic mass is 10.1. The summed E-state index contributed by atoms with van der Waals surface area (Å²) in [5, 5.41) is 0. The van der Waals surface area contributed by atoms with E-state index in [4.69, 9.17) is 19.2 Å². The molecule has 4 rings (SSSR count). The Labute approximate surface area is 212 Å². The average molecular weight is 510 g/mol. The summed E-state index contributed by atoms with van der Waals surface area (Å²) < 4.78 is 44.6. The van der Waals surface area contributed by atoms with E-state index in [1.807, 2.05) is 60.4 Å². The molecule has 1 unspecified atom stereocenters. The Hall–Kier alpha value is -3.56. The van der Waals surface area contributed by atoms with Gasteiger partial charge in [-0.05, 0) is 60.9 Å². The molecule has 3 aromatic carbocycles. The molecule has 1 heterocycles. The number of nitrogens with one attached hydrogen (secondary N) is 1. The molecule has 0 fully saturated rings. The quantitative estimate of drug-likeness (QED) is 0.419. The van der Waals surface area contributed by atoms with Gasteiger partial charge in [0.1, 0.15) is 11.5 Å². The molecule has 1 aliphatic heterocycles. The first-order chi connectivity index (χ1) is 17.4. The number of ether oxygens (including phenoxy) is 3. The monoisotopic (exact) mass is 509 g/mol. The third kappa shape index (κ3) is 6.56. The number of rotatable bonds is 10. The van der Waals surface area contributed by atoms with Gasteiger partial charge in [-0.25, -0.2) is 18.1 Å². The molecule has 0 saturated heterocycles. The highest BCUT2D eigenvalue weighted by Gasteiger charge is 2.29. The lowest BCUT2D eigenvalue weighted by Gasteiger charge is -2.22. The molecule has 9 heteroatoms. The van der Waals surface area contributed by atoms with Gasteiger partial charge >= 0.3 is 0 Å². The summed E-state index contributed by atoms with van der Waals surface area (Å²) in [6.07, 6.45) is 0.681. The maximum atomic E-state index is 13.1. The molecule has 190 valence electrons.